The number of benzene rings is 2. The first-order valence-electron chi connectivity index (χ1n) is 6.76. The molecular weight excluding hydrogens is 230 g/mol. The summed E-state index contributed by atoms with van der Waals surface area (Å²) in [4.78, 5) is 0. The Morgan fingerprint density at radius 3 is 2.21 bits per heavy atom. The molecule has 0 saturated carbocycles. The first-order valence-corrected chi connectivity index (χ1v) is 6.76. The number of likely N-dealkylation sites (N-methyl/N-ethyl adjacent to an activating group) is 1. The molecule has 2 aromatic carbocycles. The molecule has 19 heavy (non-hydrogen) atoms. The van der Waals surface area contributed by atoms with Crippen LogP contribution in [0.4, 0.5) is 0 Å². The first-order chi connectivity index (χ1) is 9.22. The molecular formula is C18H21N. The van der Waals surface area contributed by atoms with Crippen molar-refractivity contribution in [2.24, 2.45) is 0 Å². The topological polar surface area (TPSA) is 12.0 Å². The van der Waals surface area contributed by atoms with Gasteiger partial charge in [0.15, 0.2) is 0 Å². The Labute approximate surface area is 116 Å². The maximum absolute atomic E-state index is 4.13. The molecule has 0 aliphatic carbocycles. The average Bonchev–Trinajstić information content (AvgIpc) is 2.41. The minimum Gasteiger partial charge on any atom is -0.310 e. The molecule has 2 rings (SSSR count). The van der Waals surface area contributed by atoms with E-state index in [1.165, 1.54) is 11.1 Å². The highest BCUT2D eigenvalue weighted by Gasteiger charge is 2.13. The number of rotatable bonds is 5. The van der Waals surface area contributed by atoms with Gasteiger partial charge < -0.3 is 5.32 Å². The van der Waals surface area contributed by atoms with E-state index in [-0.39, 0.29) is 0 Å². The summed E-state index contributed by atoms with van der Waals surface area (Å²) in [6, 6.07) is 16.9. The lowest BCUT2D eigenvalue weighted by molar-refractivity contribution is 0.548. The SMILES string of the molecule is [CH2]c1ccccc1CC(NCC)c1ccccc1[CH2]. The quantitative estimate of drug-likeness (QED) is 0.848. The summed E-state index contributed by atoms with van der Waals surface area (Å²) in [6.45, 7) is 11.3. The van der Waals surface area contributed by atoms with Gasteiger partial charge in [-0.05, 0) is 49.1 Å². The molecule has 0 fully saturated rings. The van der Waals surface area contributed by atoms with Crippen LogP contribution in [0.5, 0.6) is 0 Å². The lowest BCUT2D eigenvalue weighted by atomic mass is 9.93. The Morgan fingerprint density at radius 1 is 0.947 bits per heavy atom. The summed E-state index contributed by atoms with van der Waals surface area (Å²) in [5.41, 5.74) is 4.76. The molecule has 2 aromatic rings. The fourth-order valence-electron chi connectivity index (χ4n) is 2.39. The normalized spacial score (nSPS) is 12.4. The zero-order valence-corrected chi connectivity index (χ0v) is 11.5. The number of hydrogen-bond acceptors (Lipinski definition) is 1. The summed E-state index contributed by atoms with van der Waals surface area (Å²) < 4.78 is 0. The molecule has 0 bridgehead atoms. The molecule has 0 aliphatic heterocycles. The highest BCUT2D eigenvalue weighted by atomic mass is 14.9. The van der Waals surface area contributed by atoms with Crippen LogP contribution in [0.1, 0.15) is 35.2 Å². The first kappa shape index (κ1) is 13.8. The molecule has 0 amide bonds. The van der Waals surface area contributed by atoms with Gasteiger partial charge in [-0.3, -0.25) is 0 Å². The summed E-state index contributed by atoms with van der Waals surface area (Å²) in [5, 5.41) is 3.55. The van der Waals surface area contributed by atoms with Gasteiger partial charge in [0.25, 0.3) is 0 Å². The molecule has 1 atom stereocenters. The summed E-state index contributed by atoms with van der Waals surface area (Å²) >= 11 is 0. The monoisotopic (exact) mass is 251 g/mol. The van der Waals surface area contributed by atoms with Gasteiger partial charge in [-0.25, -0.2) is 0 Å². The molecule has 0 aromatic heterocycles. The third kappa shape index (κ3) is 3.45. The molecule has 0 saturated heterocycles. The van der Waals surface area contributed by atoms with Crippen molar-refractivity contribution in [3.05, 3.63) is 84.6 Å². The van der Waals surface area contributed by atoms with E-state index >= 15 is 0 Å². The Kier molecular flexibility index (Phi) is 4.75. The highest BCUT2D eigenvalue weighted by Crippen LogP contribution is 2.23. The van der Waals surface area contributed by atoms with Crippen LogP contribution in [0.15, 0.2) is 48.5 Å². The van der Waals surface area contributed by atoms with Gasteiger partial charge in [-0.1, -0.05) is 55.5 Å². The minimum absolute atomic E-state index is 0.293. The fraction of sp³-hybridized carbons (Fsp3) is 0.222. The van der Waals surface area contributed by atoms with E-state index in [2.05, 4.69) is 62.5 Å². The third-order valence-electron chi connectivity index (χ3n) is 3.42. The average molecular weight is 251 g/mol. The lowest BCUT2D eigenvalue weighted by Crippen LogP contribution is -2.24. The Balaban J connectivity index is 2.27. The van der Waals surface area contributed by atoms with E-state index in [1.54, 1.807) is 0 Å². The van der Waals surface area contributed by atoms with Crippen molar-refractivity contribution in [3.63, 3.8) is 0 Å². The largest absolute Gasteiger partial charge is 0.310 e. The molecule has 1 N–H and O–H groups in total. The van der Waals surface area contributed by atoms with Gasteiger partial charge in [-0.15, -0.1) is 0 Å². The van der Waals surface area contributed by atoms with Crippen LogP contribution in [-0.2, 0) is 6.42 Å². The van der Waals surface area contributed by atoms with Crippen LogP contribution in [-0.4, -0.2) is 6.54 Å². The number of hydrogen-bond donors (Lipinski definition) is 1. The third-order valence-corrected chi connectivity index (χ3v) is 3.42. The van der Waals surface area contributed by atoms with Crippen molar-refractivity contribution in [2.75, 3.05) is 6.54 Å². The molecule has 1 heteroatoms. The summed E-state index contributed by atoms with van der Waals surface area (Å²) in [5.74, 6) is 0. The van der Waals surface area contributed by atoms with Crippen LogP contribution >= 0.6 is 0 Å². The summed E-state index contributed by atoms with van der Waals surface area (Å²) in [7, 11) is 0. The van der Waals surface area contributed by atoms with E-state index in [1.807, 2.05) is 12.1 Å². The van der Waals surface area contributed by atoms with E-state index in [9.17, 15) is 0 Å². The van der Waals surface area contributed by atoms with Crippen LogP contribution in [0.3, 0.4) is 0 Å². The zero-order chi connectivity index (χ0) is 13.7. The van der Waals surface area contributed by atoms with Gasteiger partial charge in [-0.2, -0.15) is 0 Å². The van der Waals surface area contributed by atoms with Crippen LogP contribution in [0.25, 0.3) is 0 Å². The standard InChI is InChI=1S/C18H21N/c1-4-19-18(17-12-8-6-10-15(17)3)13-16-11-7-5-9-14(16)2/h5-12,18-19H,2-4,13H2,1H3. The molecule has 1 nitrogen and oxygen atoms in total. The predicted octanol–water partition coefficient (Wildman–Crippen LogP) is 3.94. The van der Waals surface area contributed by atoms with Crippen molar-refractivity contribution in [2.45, 2.75) is 19.4 Å². The van der Waals surface area contributed by atoms with Crippen molar-refractivity contribution < 1.29 is 0 Å². The Hall–Kier alpha value is -1.60. The highest BCUT2D eigenvalue weighted by molar-refractivity contribution is 5.36. The van der Waals surface area contributed by atoms with Gasteiger partial charge in [0, 0.05) is 6.04 Å². The van der Waals surface area contributed by atoms with Crippen molar-refractivity contribution >= 4 is 0 Å². The molecule has 1 unspecified atom stereocenters. The number of nitrogens with one attached hydrogen (secondary N) is 1. The maximum Gasteiger partial charge on any atom is 0.0363 e. The van der Waals surface area contributed by atoms with E-state index in [0.717, 1.165) is 24.1 Å². The van der Waals surface area contributed by atoms with Gasteiger partial charge in [0.2, 0.25) is 0 Å². The smallest absolute Gasteiger partial charge is 0.0363 e. The van der Waals surface area contributed by atoms with Gasteiger partial charge in [0.1, 0.15) is 0 Å². The summed E-state index contributed by atoms with van der Waals surface area (Å²) in [6.07, 6.45) is 0.944. The molecule has 2 radical (unpaired) electrons. The van der Waals surface area contributed by atoms with Crippen LogP contribution in [0.2, 0.25) is 0 Å². The van der Waals surface area contributed by atoms with Crippen LogP contribution in [0, 0.1) is 13.8 Å². The Bertz CT molecular complexity index is 531. The maximum atomic E-state index is 4.13. The molecule has 98 valence electrons. The second-order valence-electron chi connectivity index (χ2n) is 4.78. The van der Waals surface area contributed by atoms with Crippen LogP contribution < -0.4 is 5.32 Å². The van der Waals surface area contributed by atoms with Gasteiger partial charge in [0.05, 0.1) is 0 Å². The van der Waals surface area contributed by atoms with Crippen molar-refractivity contribution in [3.8, 4) is 0 Å². The second kappa shape index (κ2) is 6.53. The lowest BCUT2D eigenvalue weighted by Gasteiger charge is -2.21. The second-order valence-corrected chi connectivity index (χ2v) is 4.78. The Morgan fingerprint density at radius 2 is 1.58 bits per heavy atom. The zero-order valence-electron chi connectivity index (χ0n) is 11.5. The molecule has 0 spiro atoms. The van der Waals surface area contributed by atoms with Crippen molar-refractivity contribution in [1.82, 2.24) is 5.32 Å². The molecule has 0 heterocycles. The fourth-order valence-corrected chi connectivity index (χ4v) is 2.39. The van der Waals surface area contributed by atoms with E-state index < -0.39 is 0 Å². The van der Waals surface area contributed by atoms with E-state index in [0.29, 0.717) is 6.04 Å². The minimum atomic E-state index is 0.293. The van der Waals surface area contributed by atoms with Crippen molar-refractivity contribution in [1.29, 1.82) is 0 Å². The van der Waals surface area contributed by atoms with E-state index in [4.69, 9.17) is 0 Å². The van der Waals surface area contributed by atoms with Gasteiger partial charge >= 0.3 is 0 Å². The predicted molar refractivity (Wildman–Crippen MR) is 81.9 cm³/mol. The molecule has 0 aliphatic rings.